The normalized spacial score (nSPS) is 17.6. The second-order valence-electron chi connectivity index (χ2n) is 10.4. The van der Waals surface area contributed by atoms with Crippen LogP contribution in [0.25, 0.3) is 10.9 Å². The quantitative estimate of drug-likeness (QED) is 0.407. The molecule has 3 aromatic rings. The molecule has 1 aliphatic rings. The minimum Gasteiger partial charge on any atom is -0.454 e. The highest BCUT2D eigenvalue weighted by Gasteiger charge is 2.31. The number of ether oxygens (including phenoxy) is 1. The molecule has 0 radical (unpaired) electrons. The van der Waals surface area contributed by atoms with Crippen molar-refractivity contribution in [3.8, 4) is 0 Å². The first-order valence-electron chi connectivity index (χ1n) is 12.3. The van der Waals surface area contributed by atoms with Crippen LogP contribution in [0.1, 0.15) is 90.4 Å². The van der Waals surface area contributed by atoms with Crippen LogP contribution in [0.2, 0.25) is 0 Å². The van der Waals surface area contributed by atoms with E-state index in [2.05, 4.69) is 62.2 Å². The van der Waals surface area contributed by atoms with Gasteiger partial charge in [0.1, 0.15) is 6.10 Å². The van der Waals surface area contributed by atoms with E-state index in [0.717, 1.165) is 39.7 Å². The van der Waals surface area contributed by atoms with E-state index in [1.807, 2.05) is 13.8 Å². The second-order valence-corrected chi connectivity index (χ2v) is 10.4. The molecule has 33 heavy (non-hydrogen) atoms. The fourth-order valence-corrected chi connectivity index (χ4v) is 5.57. The van der Waals surface area contributed by atoms with Crippen LogP contribution < -0.4 is 5.73 Å². The average Bonchev–Trinajstić information content (AvgIpc) is 3.10. The van der Waals surface area contributed by atoms with E-state index in [1.54, 1.807) is 0 Å². The molecule has 1 aliphatic carbocycles. The van der Waals surface area contributed by atoms with E-state index in [-0.39, 0.29) is 17.6 Å². The van der Waals surface area contributed by atoms with Gasteiger partial charge < -0.3 is 15.5 Å². The summed E-state index contributed by atoms with van der Waals surface area (Å²) in [4.78, 5) is 16.7. The Hall–Kier alpha value is -2.59. The van der Waals surface area contributed by atoms with Crippen LogP contribution in [0.15, 0.2) is 36.4 Å². The Morgan fingerprint density at radius 3 is 2.58 bits per heavy atom. The van der Waals surface area contributed by atoms with Gasteiger partial charge in [-0.2, -0.15) is 0 Å². The minimum absolute atomic E-state index is 0.239. The molecule has 1 fully saturated rings. The lowest BCUT2D eigenvalue weighted by molar-refractivity contribution is 0.0338. The summed E-state index contributed by atoms with van der Waals surface area (Å²) in [5, 5.41) is 0.919. The molecule has 2 atom stereocenters. The van der Waals surface area contributed by atoms with Crippen molar-refractivity contribution < 1.29 is 9.53 Å². The maximum atomic E-state index is 13.3. The van der Waals surface area contributed by atoms with Gasteiger partial charge in [0.25, 0.3) is 0 Å². The van der Waals surface area contributed by atoms with Gasteiger partial charge in [0, 0.05) is 22.1 Å². The molecule has 4 rings (SSSR count). The average molecular weight is 447 g/mol. The number of esters is 1. The third kappa shape index (κ3) is 5.01. The second kappa shape index (κ2) is 9.34. The van der Waals surface area contributed by atoms with E-state index in [1.165, 1.54) is 37.7 Å². The van der Waals surface area contributed by atoms with Crippen LogP contribution in [-0.4, -0.2) is 16.5 Å². The van der Waals surface area contributed by atoms with Crippen molar-refractivity contribution in [2.45, 2.75) is 84.8 Å². The topological polar surface area (TPSA) is 68.1 Å². The van der Waals surface area contributed by atoms with Crippen LogP contribution >= 0.6 is 0 Å². The molecule has 0 saturated heterocycles. The molecule has 1 heterocycles. The van der Waals surface area contributed by atoms with Crippen LogP contribution in [0.4, 0.5) is 0 Å². The number of fused-ring (bicyclic) bond motifs is 1. The summed E-state index contributed by atoms with van der Waals surface area (Å²) >= 11 is 0. The summed E-state index contributed by atoms with van der Waals surface area (Å²) in [7, 11) is 0. The first-order valence-corrected chi connectivity index (χ1v) is 12.3. The molecule has 0 bridgehead atoms. The minimum atomic E-state index is -0.316. The summed E-state index contributed by atoms with van der Waals surface area (Å²) in [5.41, 5.74) is 13.5. The molecule has 1 aromatic heterocycles. The summed E-state index contributed by atoms with van der Waals surface area (Å²) in [5.74, 6) is 0.268. The zero-order valence-corrected chi connectivity index (χ0v) is 20.8. The number of hydrogen-bond acceptors (Lipinski definition) is 3. The fraction of sp³-hybridized carbons (Fsp3) is 0.483. The predicted octanol–water partition coefficient (Wildman–Crippen LogP) is 6.85. The monoisotopic (exact) mass is 446 g/mol. The van der Waals surface area contributed by atoms with Gasteiger partial charge in [-0.3, -0.25) is 0 Å². The fourth-order valence-electron chi connectivity index (χ4n) is 5.57. The highest BCUT2D eigenvalue weighted by atomic mass is 16.5. The number of H-pyrrole nitrogens is 1. The third-order valence-electron chi connectivity index (χ3n) is 7.53. The lowest BCUT2D eigenvalue weighted by atomic mass is 9.73. The van der Waals surface area contributed by atoms with Crippen molar-refractivity contribution in [1.82, 2.24) is 4.98 Å². The van der Waals surface area contributed by atoms with Gasteiger partial charge in [-0.15, -0.1) is 0 Å². The standard InChI is InChI=1S/C29H38N2O2/c1-18-11-12-19(2)24(15-18)21(4)33-28(32)27-20(3)31-26-14-13-22(16-25(26)27)17-29(5,30)23-9-7-6-8-10-23/h11-16,21,23,31H,6-10,17,30H2,1-5H3. The Kier molecular flexibility index (Phi) is 6.67. The van der Waals surface area contributed by atoms with Crippen LogP contribution in [0.3, 0.4) is 0 Å². The summed E-state index contributed by atoms with van der Waals surface area (Å²) in [6.07, 6.45) is 6.81. The van der Waals surface area contributed by atoms with E-state index in [0.29, 0.717) is 11.5 Å². The van der Waals surface area contributed by atoms with Gasteiger partial charge in [0.05, 0.1) is 5.56 Å². The van der Waals surface area contributed by atoms with Gasteiger partial charge in [-0.1, -0.05) is 49.1 Å². The molecule has 2 unspecified atom stereocenters. The molecule has 4 heteroatoms. The number of carbonyl (C=O) groups is 1. The van der Waals surface area contributed by atoms with Crippen molar-refractivity contribution >= 4 is 16.9 Å². The number of aromatic nitrogens is 1. The number of benzene rings is 2. The molecule has 0 amide bonds. The zero-order valence-electron chi connectivity index (χ0n) is 20.8. The van der Waals surface area contributed by atoms with E-state index < -0.39 is 0 Å². The molecule has 0 spiro atoms. The highest BCUT2D eigenvalue weighted by molar-refractivity contribution is 6.05. The van der Waals surface area contributed by atoms with E-state index >= 15 is 0 Å². The number of nitrogens with one attached hydrogen (secondary N) is 1. The number of rotatable bonds is 6. The molecular weight excluding hydrogens is 408 g/mol. The molecule has 176 valence electrons. The molecular formula is C29H38N2O2. The van der Waals surface area contributed by atoms with Crippen molar-refractivity contribution in [2.24, 2.45) is 11.7 Å². The largest absolute Gasteiger partial charge is 0.454 e. The van der Waals surface area contributed by atoms with E-state index in [4.69, 9.17) is 10.5 Å². The maximum Gasteiger partial charge on any atom is 0.341 e. The Morgan fingerprint density at radius 2 is 1.85 bits per heavy atom. The molecule has 4 nitrogen and oxygen atoms in total. The van der Waals surface area contributed by atoms with Gasteiger partial charge in [-0.05, 0) is 88.6 Å². The molecule has 2 aromatic carbocycles. The van der Waals surface area contributed by atoms with E-state index in [9.17, 15) is 4.79 Å². The van der Waals surface area contributed by atoms with Gasteiger partial charge in [0.15, 0.2) is 0 Å². The Morgan fingerprint density at radius 1 is 1.12 bits per heavy atom. The van der Waals surface area contributed by atoms with Gasteiger partial charge >= 0.3 is 5.97 Å². The number of carbonyl (C=O) groups excluding carboxylic acids is 1. The zero-order chi connectivity index (χ0) is 23.8. The number of nitrogens with two attached hydrogens (primary N) is 1. The summed E-state index contributed by atoms with van der Waals surface area (Å²) in [6, 6.07) is 12.6. The summed E-state index contributed by atoms with van der Waals surface area (Å²) < 4.78 is 5.96. The summed E-state index contributed by atoms with van der Waals surface area (Å²) in [6.45, 7) is 10.2. The molecule has 3 N–H and O–H groups in total. The highest BCUT2D eigenvalue weighted by Crippen LogP contribution is 2.34. The van der Waals surface area contributed by atoms with Crippen molar-refractivity contribution in [3.05, 3.63) is 69.9 Å². The Balaban J connectivity index is 1.59. The third-order valence-corrected chi connectivity index (χ3v) is 7.53. The van der Waals surface area contributed by atoms with Crippen LogP contribution in [0, 0.1) is 26.7 Å². The number of aryl methyl sites for hydroxylation is 3. The SMILES string of the molecule is Cc1ccc(C)c(C(C)OC(=O)c2c(C)[nH]c3ccc(CC(C)(N)C4CCCCC4)cc23)c1. The lowest BCUT2D eigenvalue weighted by Gasteiger charge is -2.37. The van der Waals surface area contributed by atoms with Crippen LogP contribution in [0.5, 0.6) is 0 Å². The van der Waals surface area contributed by atoms with Crippen molar-refractivity contribution in [1.29, 1.82) is 0 Å². The first kappa shape index (κ1) is 23.6. The first-order chi connectivity index (χ1) is 15.7. The smallest absolute Gasteiger partial charge is 0.341 e. The maximum absolute atomic E-state index is 13.3. The Bertz CT molecular complexity index is 1150. The van der Waals surface area contributed by atoms with Crippen molar-refractivity contribution in [2.75, 3.05) is 0 Å². The molecule has 0 aliphatic heterocycles. The lowest BCUT2D eigenvalue weighted by Crippen LogP contribution is -2.47. The number of hydrogen-bond donors (Lipinski definition) is 2. The Labute approximate surface area is 197 Å². The van der Waals surface area contributed by atoms with Gasteiger partial charge in [0.2, 0.25) is 0 Å². The predicted molar refractivity (Wildman–Crippen MR) is 136 cm³/mol. The van der Waals surface area contributed by atoms with Crippen molar-refractivity contribution in [3.63, 3.8) is 0 Å². The van der Waals surface area contributed by atoms with Crippen LogP contribution in [-0.2, 0) is 11.2 Å². The molecule has 1 saturated carbocycles. The number of aromatic amines is 1. The van der Waals surface area contributed by atoms with Gasteiger partial charge in [-0.25, -0.2) is 4.79 Å².